The SMILES string of the molecule is CC1CCC(C(C)C)C(O[Si](CCCOCC2CO2)(OC2CC(C)CCC2C(C)C)OC2CC(C)CCC2C(C)C)C1. The molecule has 1 heterocycles. The summed E-state index contributed by atoms with van der Waals surface area (Å²) in [5.74, 6) is 5.59. The topological polar surface area (TPSA) is 49.5 Å². The van der Waals surface area contributed by atoms with Crippen LogP contribution in [0.2, 0.25) is 6.04 Å². The van der Waals surface area contributed by atoms with E-state index in [1.807, 2.05) is 0 Å². The Labute approximate surface area is 261 Å². The fraction of sp³-hybridized carbons (Fsp3) is 1.00. The van der Waals surface area contributed by atoms with Crippen LogP contribution in [0.25, 0.3) is 0 Å². The zero-order valence-corrected chi connectivity index (χ0v) is 29.9. The third-order valence-electron chi connectivity index (χ3n) is 11.4. The third-order valence-corrected chi connectivity index (χ3v) is 14.3. The molecule has 0 aromatic carbocycles. The monoisotopic (exact) mass is 608 g/mol. The Hall–Kier alpha value is 0.0169. The van der Waals surface area contributed by atoms with Gasteiger partial charge in [0, 0.05) is 12.7 Å². The third kappa shape index (κ3) is 10.0. The first-order valence-electron chi connectivity index (χ1n) is 18.2. The molecule has 3 saturated carbocycles. The van der Waals surface area contributed by atoms with Crippen LogP contribution in [0.1, 0.15) is 127 Å². The van der Waals surface area contributed by atoms with E-state index in [1.165, 1.54) is 38.5 Å². The van der Waals surface area contributed by atoms with Crippen molar-refractivity contribution in [1.82, 2.24) is 0 Å². The summed E-state index contributed by atoms with van der Waals surface area (Å²) >= 11 is 0. The molecule has 0 spiro atoms. The Morgan fingerprint density at radius 3 is 1.33 bits per heavy atom. The van der Waals surface area contributed by atoms with Crippen LogP contribution in [0.3, 0.4) is 0 Å². The van der Waals surface area contributed by atoms with Crippen LogP contribution in [0.4, 0.5) is 0 Å². The largest absolute Gasteiger partial charge is 0.501 e. The molecule has 0 radical (unpaired) electrons. The molecule has 246 valence electrons. The van der Waals surface area contributed by atoms with E-state index in [9.17, 15) is 0 Å². The zero-order chi connectivity index (χ0) is 30.4. The Morgan fingerprint density at radius 1 is 0.619 bits per heavy atom. The molecule has 4 aliphatic rings. The Bertz CT molecular complexity index is 701. The predicted octanol–water partition coefficient (Wildman–Crippen LogP) is 9.16. The van der Waals surface area contributed by atoms with E-state index < -0.39 is 8.80 Å². The highest BCUT2D eigenvalue weighted by Crippen LogP contribution is 2.44. The van der Waals surface area contributed by atoms with Crippen LogP contribution in [-0.2, 0) is 22.8 Å². The molecule has 0 bridgehead atoms. The van der Waals surface area contributed by atoms with Crippen LogP contribution in [0, 0.1) is 53.3 Å². The van der Waals surface area contributed by atoms with Crippen molar-refractivity contribution in [3.8, 4) is 0 Å². The lowest BCUT2D eigenvalue weighted by Gasteiger charge is -2.48. The van der Waals surface area contributed by atoms with Crippen LogP contribution in [0.15, 0.2) is 0 Å². The summed E-state index contributed by atoms with van der Waals surface area (Å²) in [5.41, 5.74) is 0. The molecule has 6 heteroatoms. The highest BCUT2D eigenvalue weighted by molar-refractivity contribution is 6.60. The van der Waals surface area contributed by atoms with E-state index in [4.69, 9.17) is 22.8 Å². The molecule has 0 amide bonds. The van der Waals surface area contributed by atoms with Crippen LogP contribution < -0.4 is 0 Å². The maximum absolute atomic E-state index is 7.61. The second-order valence-electron chi connectivity index (χ2n) is 16.3. The fourth-order valence-corrected chi connectivity index (χ4v) is 11.8. The van der Waals surface area contributed by atoms with Gasteiger partial charge in [-0.05, 0) is 98.2 Å². The van der Waals surface area contributed by atoms with E-state index in [1.54, 1.807) is 0 Å². The van der Waals surface area contributed by atoms with Gasteiger partial charge in [0.05, 0.1) is 31.5 Å². The second-order valence-corrected chi connectivity index (χ2v) is 18.8. The highest BCUT2D eigenvalue weighted by atomic mass is 28.4. The first kappa shape index (κ1) is 34.9. The molecule has 0 N–H and O–H groups in total. The lowest BCUT2D eigenvalue weighted by atomic mass is 9.75. The Kier molecular flexibility index (Phi) is 13.3. The van der Waals surface area contributed by atoms with Gasteiger partial charge >= 0.3 is 8.80 Å². The standard InChI is InChI=1S/C36H68O5Si/c1-24(2)31-14-11-27(7)19-34(31)39-42(18-10-17-37-22-30-23-38-30,40-35-20-28(8)12-15-32(35)25(3)4)41-36-21-29(9)13-16-33(36)26(5)6/h24-36H,10-23H2,1-9H3. The van der Waals surface area contributed by atoms with Gasteiger partial charge in [0.2, 0.25) is 0 Å². The van der Waals surface area contributed by atoms with Crippen molar-refractivity contribution in [2.45, 2.75) is 157 Å². The quantitative estimate of drug-likeness (QED) is 0.105. The summed E-state index contributed by atoms with van der Waals surface area (Å²) in [4.78, 5) is 0. The van der Waals surface area contributed by atoms with Crippen LogP contribution in [0.5, 0.6) is 0 Å². The van der Waals surface area contributed by atoms with Crippen molar-refractivity contribution in [1.29, 1.82) is 0 Å². The molecule has 3 aliphatic carbocycles. The highest BCUT2D eigenvalue weighted by Gasteiger charge is 2.52. The molecule has 0 aromatic heterocycles. The lowest BCUT2D eigenvalue weighted by Crippen LogP contribution is -2.58. The van der Waals surface area contributed by atoms with Crippen LogP contribution in [-0.4, -0.2) is 53.0 Å². The molecule has 0 aromatic rings. The van der Waals surface area contributed by atoms with Crippen molar-refractivity contribution in [3.05, 3.63) is 0 Å². The summed E-state index contributed by atoms with van der Waals surface area (Å²) < 4.78 is 34.3. The van der Waals surface area contributed by atoms with Gasteiger partial charge in [-0.2, -0.15) is 0 Å². The van der Waals surface area contributed by atoms with Gasteiger partial charge in [0.15, 0.2) is 0 Å². The van der Waals surface area contributed by atoms with E-state index >= 15 is 0 Å². The van der Waals surface area contributed by atoms with E-state index in [0.717, 1.165) is 44.9 Å². The normalized spacial score (nSPS) is 39.1. The minimum absolute atomic E-state index is 0.221. The molecule has 1 aliphatic heterocycles. The molecular weight excluding hydrogens is 540 g/mol. The second kappa shape index (κ2) is 16.0. The average molecular weight is 609 g/mol. The van der Waals surface area contributed by atoms with Crippen molar-refractivity contribution >= 4 is 8.80 Å². The number of hydrogen-bond acceptors (Lipinski definition) is 5. The maximum Gasteiger partial charge on any atom is 0.501 e. The number of ether oxygens (including phenoxy) is 2. The van der Waals surface area contributed by atoms with Crippen LogP contribution >= 0.6 is 0 Å². The lowest BCUT2D eigenvalue weighted by molar-refractivity contribution is -0.0961. The van der Waals surface area contributed by atoms with Gasteiger partial charge in [-0.3, -0.25) is 0 Å². The van der Waals surface area contributed by atoms with Gasteiger partial charge in [0.1, 0.15) is 6.10 Å². The molecule has 1 saturated heterocycles. The van der Waals surface area contributed by atoms with E-state index in [-0.39, 0.29) is 18.3 Å². The zero-order valence-electron chi connectivity index (χ0n) is 28.9. The summed E-state index contributed by atoms with van der Waals surface area (Å²) in [6.07, 6.45) is 13.0. The first-order chi connectivity index (χ1) is 20.0. The minimum atomic E-state index is -3.08. The Morgan fingerprint density at radius 2 is 1.00 bits per heavy atom. The van der Waals surface area contributed by atoms with Gasteiger partial charge in [-0.1, -0.05) is 81.6 Å². The molecule has 4 fully saturated rings. The van der Waals surface area contributed by atoms with Gasteiger partial charge in [-0.15, -0.1) is 0 Å². The molecule has 10 atom stereocenters. The van der Waals surface area contributed by atoms with E-state index in [2.05, 4.69) is 62.3 Å². The first-order valence-corrected chi connectivity index (χ1v) is 20.1. The average Bonchev–Trinajstić information content (AvgIpc) is 3.72. The molecule has 42 heavy (non-hydrogen) atoms. The smallest absolute Gasteiger partial charge is 0.379 e. The van der Waals surface area contributed by atoms with Crippen molar-refractivity contribution in [3.63, 3.8) is 0 Å². The molecule has 10 unspecified atom stereocenters. The molecule has 4 rings (SSSR count). The van der Waals surface area contributed by atoms with Gasteiger partial charge in [0.25, 0.3) is 0 Å². The number of hydrogen-bond donors (Lipinski definition) is 0. The van der Waals surface area contributed by atoms with Gasteiger partial charge in [-0.25, -0.2) is 0 Å². The predicted molar refractivity (Wildman–Crippen MR) is 174 cm³/mol. The van der Waals surface area contributed by atoms with Crippen molar-refractivity contribution in [2.75, 3.05) is 19.8 Å². The molecule has 5 nitrogen and oxygen atoms in total. The number of rotatable bonds is 15. The number of epoxide rings is 1. The van der Waals surface area contributed by atoms with Gasteiger partial charge < -0.3 is 22.8 Å². The summed E-state index contributed by atoms with van der Waals surface area (Å²) in [7, 11) is -3.08. The summed E-state index contributed by atoms with van der Waals surface area (Å²) in [5, 5.41) is 0. The minimum Gasteiger partial charge on any atom is -0.379 e. The summed E-state index contributed by atoms with van der Waals surface area (Å²) in [6.45, 7) is 23.9. The van der Waals surface area contributed by atoms with E-state index in [0.29, 0.717) is 66.0 Å². The Balaban J connectivity index is 1.66. The van der Waals surface area contributed by atoms with Crippen molar-refractivity contribution < 1.29 is 22.8 Å². The fourth-order valence-electron chi connectivity index (χ4n) is 8.47. The van der Waals surface area contributed by atoms with Crippen molar-refractivity contribution in [2.24, 2.45) is 53.3 Å². The molecular formula is C36H68O5Si. The maximum atomic E-state index is 7.61. The summed E-state index contributed by atoms with van der Waals surface area (Å²) in [6, 6.07) is 0.861.